The second kappa shape index (κ2) is 4.88. The molecule has 90 valence electrons. The summed E-state index contributed by atoms with van der Waals surface area (Å²) in [4.78, 5) is 5.70. The van der Waals surface area contributed by atoms with Gasteiger partial charge in [0.25, 0.3) is 0 Å². The Morgan fingerprint density at radius 2 is 1.94 bits per heavy atom. The maximum Gasteiger partial charge on any atom is 0.122 e. The third kappa shape index (κ3) is 2.34. The largest absolute Gasteiger partial charge is 0.494 e. The van der Waals surface area contributed by atoms with E-state index < -0.39 is 0 Å². The first kappa shape index (κ1) is 12.1. The molecule has 0 aliphatic rings. The summed E-state index contributed by atoms with van der Waals surface area (Å²) >= 11 is 1.69. The molecule has 2 rings (SSSR count). The molecule has 2 nitrogen and oxygen atoms in total. The molecule has 2 aromatic rings. The van der Waals surface area contributed by atoms with Crippen LogP contribution in [-0.4, -0.2) is 11.6 Å². The van der Waals surface area contributed by atoms with Gasteiger partial charge in [-0.25, -0.2) is 4.98 Å². The zero-order chi connectivity index (χ0) is 12.4. The summed E-state index contributed by atoms with van der Waals surface area (Å²) in [5, 5.41) is 0. The lowest BCUT2D eigenvalue weighted by atomic mass is 10.0. The summed E-state index contributed by atoms with van der Waals surface area (Å²) in [6.45, 7) is 9.01. The van der Waals surface area contributed by atoms with Gasteiger partial charge in [-0.1, -0.05) is 0 Å². The van der Waals surface area contributed by atoms with Crippen LogP contribution in [0, 0.1) is 20.8 Å². The van der Waals surface area contributed by atoms with Crippen LogP contribution in [0.1, 0.15) is 22.9 Å². The maximum atomic E-state index is 5.60. The van der Waals surface area contributed by atoms with E-state index in [4.69, 9.17) is 4.74 Å². The van der Waals surface area contributed by atoms with E-state index in [1.807, 2.05) is 12.4 Å². The maximum absolute atomic E-state index is 5.60. The summed E-state index contributed by atoms with van der Waals surface area (Å²) in [5.41, 5.74) is 6.59. The van der Waals surface area contributed by atoms with Crippen LogP contribution in [0.4, 0.5) is 0 Å². The number of hydrogen-bond donors (Lipinski definition) is 0. The minimum atomic E-state index is 0.704. The van der Waals surface area contributed by atoms with Crippen LogP contribution in [0.3, 0.4) is 0 Å². The smallest absolute Gasteiger partial charge is 0.122 e. The van der Waals surface area contributed by atoms with Crippen LogP contribution in [0.15, 0.2) is 17.6 Å². The van der Waals surface area contributed by atoms with Gasteiger partial charge in [0, 0.05) is 10.4 Å². The molecule has 0 spiro atoms. The van der Waals surface area contributed by atoms with Gasteiger partial charge in [-0.05, 0) is 51.0 Å². The molecule has 0 bridgehead atoms. The highest BCUT2D eigenvalue weighted by Gasteiger charge is 2.11. The van der Waals surface area contributed by atoms with Crippen molar-refractivity contribution in [1.82, 2.24) is 4.98 Å². The molecule has 0 N–H and O–H groups in total. The number of rotatable bonds is 3. The van der Waals surface area contributed by atoms with E-state index in [-0.39, 0.29) is 0 Å². The molecule has 0 saturated carbocycles. The van der Waals surface area contributed by atoms with E-state index in [1.165, 1.54) is 21.6 Å². The van der Waals surface area contributed by atoms with Gasteiger partial charge in [0.1, 0.15) is 5.75 Å². The Hall–Kier alpha value is -1.35. The molecule has 0 amide bonds. The molecular formula is C14H17NOS. The molecule has 0 radical (unpaired) electrons. The SMILES string of the molecule is CCOc1cc(C)c(-c2ncsc2C)cc1C. The van der Waals surface area contributed by atoms with Crippen molar-refractivity contribution in [3.8, 4) is 17.0 Å². The minimum absolute atomic E-state index is 0.704. The number of hydrogen-bond acceptors (Lipinski definition) is 3. The van der Waals surface area contributed by atoms with Crippen molar-refractivity contribution in [2.24, 2.45) is 0 Å². The van der Waals surface area contributed by atoms with Gasteiger partial charge in [-0.3, -0.25) is 0 Å². The van der Waals surface area contributed by atoms with Crippen molar-refractivity contribution in [3.05, 3.63) is 33.6 Å². The first-order valence-electron chi connectivity index (χ1n) is 5.78. The van der Waals surface area contributed by atoms with Crippen molar-refractivity contribution >= 4 is 11.3 Å². The Kier molecular flexibility index (Phi) is 3.48. The lowest BCUT2D eigenvalue weighted by molar-refractivity contribution is 0.337. The van der Waals surface area contributed by atoms with E-state index in [1.54, 1.807) is 11.3 Å². The first-order valence-corrected chi connectivity index (χ1v) is 6.66. The Bertz CT molecular complexity index is 531. The average Bonchev–Trinajstić information content (AvgIpc) is 2.70. The van der Waals surface area contributed by atoms with Gasteiger partial charge in [-0.2, -0.15) is 0 Å². The van der Waals surface area contributed by atoms with E-state index in [9.17, 15) is 0 Å². The Morgan fingerprint density at radius 1 is 1.18 bits per heavy atom. The number of aryl methyl sites for hydroxylation is 3. The summed E-state index contributed by atoms with van der Waals surface area (Å²) < 4.78 is 5.60. The van der Waals surface area contributed by atoms with Crippen molar-refractivity contribution in [2.45, 2.75) is 27.7 Å². The molecule has 0 aliphatic carbocycles. The van der Waals surface area contributed by atoms with Crippen LogP contribution in [0.2, 0.25) is 0 Å². The topological polar surface area (TPSA) is 22.1 Å². The van der Waals surface area contributed by atoms with Gasteiger partial charge in [0.05, 0.1) is 17.8 Å². The molecule has 1 aromatic heterocycles. The van der Waals surface area contributed by atoms with Crippen molar-refractivity contribution in [1.29, 1.82) is 0 Å². The second-order valence-corrected chi connectivity index (χ2v) is 5.18. The minimum Gasteiger partial charge on any atom is -0.494 e. The number of aromatic nitrogens is 1. The van der Waals surface area contributed by atoms with Crippen molar-refractivity contribution in [2.75, 3.05) is 6.61 Å². The lowest BCUT2D eigenvalue weighted by Gasteiger charge is -2.11. The molecule has 1 heterocycles. The fraction of sp³-hybridized carbons (Fsp3) is 0.357. The molecule has 0 saturated heterocycles. The summed E-state index contributed by atoms with van der Waals surface area (Å²) in [6, 6.07) is 4.27. The van der Waals surface area contributed by atoms with Crippen molar-refractivity contribution < 1.29 is 4.74 Å². The van der Waals surface area contributed by atoms with Crippen molar-refractivity contribution in [3.63, 3.8) is 0 Å². The Morgan fingerprint density at radius 3 is 2.53 bits per heavy atom. The predicted molar refractivity (Wildman–Crippen MR) is 72.9 cm³/mol. The third-order valence-corrected chi connectivity index (χ3v) is 3.58. The number of nitrogens with zero attached hydrogens (tertiary/aromatic N) is 1. The summed E-state index contributed by atoms with van der Waals surface area (Å²) in [7, 11) is 0. The highest BCUT2D eigenvalue weighted by molar-refractivity contribution is 7.10. The Labute approximate surface area is 106 Å². The van der Waals surface area contributed by atoms with Gasteiger partial charge in [0.15, 0.2) is 0 Å². The molecule has 3 heteroatoms. The zero-order valence-corrected chi connectivity index (χ0v) is 11.5. The van der Waals surface area contributed by atoms with Gasteiger partial charge < -0.3 is 4.74 Å². The van der Waals surface area contributed by atoms with Crippen LogP contribution in [-0.2, 0) is 0 Å². The average molecular weight is 247 g/mol. The highest BCUT2D eigenvalue weighted by Crippen LogP contribution is 2.32. The first-order chi connectivity index (χ1) is 8.13. The van der Waals surface area contributed by atoms with E-state index >= 15 is 0 Å². The molecule has 0 fully saturated rings. The van der Waals surface area contributed by atoms with Crippen LogP contribution < -0.4 is 4.74 Å². The normalized spacial score (nSPS) is 10.6. The van der Waals surface area contributed by atoms with E-state index in [2.05, 4.69) is 37.9 Å². The molecule has 0 aliphatic heterocycles. The van der Waals surface area contributed by atoms with E-state index in [0.29, 0.717) is 6.61 Å². The zero-order valence-electron chi connectivity index (χ0n) is 10.7. The summed E-state index contributed by atoms with van der Waals surface area (Å²) in [6.07, 6.45) is 0. The number of benzene rings is 1. The van der Waals surface area contributed by atoms with Crippen LogP contribution >= 0.6 is 11.3 Å². The number of ether oxygens (including phenoxy) is 1. The molecule has 0 unspecified atom stereocenters. The van der Waals surface area contributed by atoms with Crippen LogP contribution in [0.5, 0.6) is 5.75 Å². The molecular weight excluding hydrogens is 230 g/mol. The highest BCUT2D eigenvalue weighted by atomic mass is 32.1. The van der Waals surface area contributed by atoms with E-state index in [0.717, 1.165) is 11.4 Å². The Balaban J connectivity index is 2.50. The second-order valence-electron chi connectivity index (χ2n) is 4.12. The molecule has 0 atom stereocenters. The van der Waals surface area contributed by atoms with Crippen LogP contribution in [0.25, 0.3) is 11.3 Å². The quantitative estimate of drug-likeness (QED) is 0.813. The summed E-state index contributed by atoms with van der Waals surface area (Å²) in [5.74, 6) is 0.974. The van der Waals surface area contributed by atoms with Gasteiger partial charge in [-0.15, -0.1) is 11.3 Å². The van der Waals surface area contributed by atoms with Gasteiger partial charge >= 0.3 is 0 Å². The molecule has 17 heavy (non-hydrogen) atoms. The monoisotopic (exact) mass is 247 g/mol. The fourth-order valence-corrected chi connectivity index (χ4v) is 2.51. The molecule has 1 aromatic carbocycles. The third-order valence-electron chi connectivity index (χ3n) is 2.82. The predicted octanol–water partition coefficient (Wildman–Crippen LogP) is 4.13. The standard InChI is InChI=1S/C14H17NOS/c1-5-16-13-7-9(2)12(6-10(13)3)14-11(4)17-8-15-14/h6-8H,5H2,1-4H3. The fourth-order valence-electron chi connectivity index (χ4n) is 1.92. The van der Waals surface area contributed by atoms with Gasteiger partial charge in [0.2, 0.25) is 0 Å². The number of thiazole rings is 1. The lowest BCUT2D eigenvalue weighted by Crippen LogP contribution is -1.96.